The van der Waals surface area contributed by atoms with Gasteiger partial charge in [-0.2, -0.15) is 0 Å². The molecule has 0 N–H and O–H groups in total. The van der Waals surface area contributed by atoms with Gasteiger partial charge in [0.05, 0.1) is 0 Å². The van der Waals surface area contributed by atoms with Crippen LogP contribution >= 0.6 is 0 Å². The first-order valence-electron chi connectivity index (χ1n) is 31.0. The summed E-state index contributed by atoms with van der Waals surface area (Å²) in [6, 6.07) is 0. The summed E-state index contributed by atoms with van der Waals surface area (Å²) >= 11 is 0. The van der Waals surface area contributed by atoms with Crippen molar-refractivity contribution in [1.82, 2.24) is 0 Å². The van der Waals surface area contributed by atoms with E-state index < -0.39 is 6.10 Å². The van der Waals surface area contributed by atoms with Crippen LogP contribution in [0.2, 0.25) is 0 Å². The van der Waals surface area contributed by atoms with Gasteiger partial charge < -0.3 is 14.2 Å². The molecule has 0 rings (SSSR count). The van der Waals surface area contributed by atoms with Gasteiger partial charge in [-0.15, -0.1) is 0 Å². The van der Waals surface area contributed by atoms with Crippen molar-refractivity contribution in [3.63, 3.8) is 0 Å². The third-order valence-electron chi connectivity index (χ3n) is 14.4. The van der Waals surface area contributed by atoms with Crippen LogP contribution in [0.5, 0.6) is 0 Å². The Morgan fingerprint density at radius 1 is 0.235 bits per heavy atom. The van der Waals surface area contributed by atoms with Crippen LogP contribution in [0.4, 0.5) is 0 Å². The first kappa shape index (κ1) is 66.4. The molecule has 0 saturated carbocycles. The average molecular weight is 962 g/mol. The van der Waals surface area contributed by atoms with Crippen LogP contribution in [-0.2, 0) is 28.6 Å². The van der Waals surface area contributed by atoms with E-state index in [0.717, 1.165) is 57.8 Å². The third-order valence-corrected chi connectivity index (χ3v) is 14.4. The minimum Gasteiger partial charge on any atom is -0.462 e. The van der Waals surface area contributed by atoms with E-state index >= 15 is 0 Å². The van der Waals surface area contributed by atoms with E-state index in [0.29, 0.717) is 19.3 Å². The molecule has 0 bridgehead atoms. The zero-order valence-corrected chi connectivity index (χ0v) is 46.4. The number of hydrogen-bond acceptors (Lipinski definition) is 6. The van der Waals surface area contributed by atoms with Gasteiger partial charge in [-0.25, -0.2) is 0 Å². The lowest BCUT2D eigenvalue weighted by molar-refractivity contribution is -0.167. The van der Waals surface area contributed by atoms with Crippen molar-refractivity contribution in [2.45, 2.75) is 367 Å². The molecule has 0 aliphatic rings. The fourth-order valence-corrected chi connectivity index (χ4v) is 9.68. The molecule has 0 heterocycles. The topological polar surface area (TPSA) is 78.9 Å². The Morgan fingerprint density at radius 3 is 0.588 bits per heavy atom. The van der Waals surface area contributed by atoms with Gasteiger partial charge >= 0.3 is 17.9 Å². The minimum absolute atomic E-state index is 0.0624. The largest absolute Gasteiger partial charge is 0.462 e. The Kier molecular flexibility index (Phi) is 56.6. The number of hydrogen-bond donors (Lipinski definition) is 0. The normalized spacial score (nSPS) is 11.9. The molecule has 0 saturated heterocycles. The second-order valence-electron chi connectivity index (χ2n) is 21.3. The summed E-state index contributed by atoms with van der Waals surface area (Å²) in [7, 11) is 0. The molecule has 0 fully saturated rings. The second-order valence-corrected chi connectivity index (χ2v) is 21.3. The molecule has 0 aromatic rings. The molecule has 0 spiro atoms. The minimum atomic E-state index is -0.759. The molecule has 0 aliphatic carbocycles. The summed E-state index contributed by atoms with van der Waals surface area (Å²) in [5, 5.41) is 0. The highest BCUT2D eigenvalue weighted by atomic mass is 16.6. The molecule has 68 heavy (non-hydrogen) atoms. The quantitative estimate of drug-likeness (QED) is 0.0343. The Hall–Kier alpha value is -1.59. The first-order chi connectivity index (χ1) is 33.5. The number of unbranched alkanes of at least 4 members (excludes halogenated alkanes) is 47. The van der Waals surface area contributed by atoms with E-state index in [4.69, 9.17) is 14.2 Å². The third kappa shape index (κ3) is 55.3. The van der Waals surface area contributed by atoms with Gasteiger partial charge in [0, 0.05) is 19.3 Å². The van der Waals surface area contributed by atoms with Crippen molar-refractivity contribution < 1.29 is 28.6 Å². The van der Waals surface area contributed by atoms with Crippen molar-refractivity contribution in [3.8, 4) is 0 Å². The molecule has 0 amide bonds. The maximum absolute atomic E-state index is 12.8. The zero-order chi connectivity index (χ0) is 49.3. The van der Waals surface area contributed by atoms with Crippen molar-refractivity contribution in [1.29, 1.82) is 0 Å². The van der Waals surface area contributed by atoms with Gasteiger partial charge in [-0.05, 0) is 19.3 Å². The maximum atomic E-state index is 12.8. The number of ether oxygens (including phenoxy) is 3. The highest BCUT2D eigenvalue weighted by Crippen LogP contribution is 2.18. The molecule has 0 aromatic heterocycles. The van der Waals surface area contributed by atoms with Crippen molar-refractivity contribution in [2.75, 3.05) is 13.2 Å². The van der Waals surface area contributed by atoms with Crippen molar-refractivity contribution in [2.24, 2.45) is 0 Å². The van der Waals surface area contributed by atoms with Gasteiger partial charge in [-0.3, -0.25) is 14.4 Å². The monoisotopic (exact) mass is 961 g/mol. The summed E-state index contributed by atoms with van der Waals surface area (Å²) in [5.74, 6) is -0.848. The van der Waals surface area contributed by atoms with Gasteiger partial charge in [0.25, 0.3) is 0 Å². The van der Waals surface area contributed by atoms with Crippen LogP contribution in [-0.4, -0.2) is 37.2 Å². The zero-order valence-electron chi connectivity index (χ0n) is 46.4. The summed E-state index contributed by atoms with van der Waals surface area (Å²) < 4.78 is 16.8. The van der Waals surface area contributed by atoms with Gasteiger partial charge in [0.2, 0.25) is 0 Å². The van der Waals surface area contributed by atoms with Gasteiger partial charge in [-0.1, -0.05) is 323 Å². The number of carbonyl (C=O) groups excluding carboxylic acids is 3. The molecule has 404 valence electrons. The second kappa shape index (κ2) is 58.0. The Labute approximate surface area is 425 Å². The smallest absolute Gasteiger partial charge is 0.306 e. The highest BCUT2D eigenvalue weighted by molar-refractivity contribution is 5.71. The number of esters is 3. The van der Waals surface area contributed by atoms with Crippen LogP contribution in [0, 0.1) is 0 Å². The summed E-state index contributed by atoms with van der Waals surface area (Å²) in [6.07, 6.45) is 66.0. The standard InChI is InChI=1S/C62H120O6/c1-4-7-10-13-16-18-20-22-23-24-25-26-27-28-29-30-31-32-33-34-35-36-37-38-39-41-42-44-46-49-52-55-61(64)67-58-59(57-66-60(63)54-51-48-15-12-9-6-3)68-62(65)56-53-50-47-45-43-40-21-19-17-14-11-8-5-2/h59H,4-58H2,1-3H3. The lowest BCUT2D eigenvalue weighted by atomic mass is 10.0. The van der Waals surface area contributed by atoms with Crippen molar-refractivity contribution >= 4 is 17.9 Å². The van der Waals surface area contributed by atoms with Crippen LogP contribution in [0.25, 0.3) is 0 Å². The Balaban J connectivity index is 3.88. The Bertz CT molecular complexity index is 1010. The summed E-state index contributed by atoms with van der Waals surface area (Å²) in [4.78, 5) is 37.8. The number of carbonyl (C=O) groups is 3. The highest BCUT2D eigenvalue weighted by Gasteiger charge is 2.19. The Morgan fingerprint density at radius 2 is 0.397 bits per heavy atom. The molecule has 1 unspecified atom stereocenters. The van der Waals surface area contributed by atoms with Crippen LogP contribution in [0.1, 0.15) is 361 Å². The fraction of sp³-hybridized carbons (Fsp3) is 0.952. The van der Waals surface area contributed by atoms with E-state index in [1.54, 1.807) is 0 Å². The van der Waals surface area contributed by atoms with Crippen LogP contribution in [0.3, 0.4) is 0 Å². The van der Waals surface area contributed by atoms with E-state index in [2.05, 4.69) is 20.8 Å². The van der Waals surface area contributed by atoms with Crippen molar-refractivity contribution in [3.05, 3.63) is 0 Å². The lowest BCUT2D eigenvalue weighted by Gasteiger charge is -2.18. The molecule has 0 aliphatic heterocycles. The molecule has 0 aromatic carbocycles. The fourth-order valence-electron chi connectivity index (χ4n) is 9.68. The predicted octanol–water partition coefficient (Wildman–Crippen LogP) is 20.7. The van der Waals surface area contributed by atoms with Crippen LogP contribution < -0.4 is 0 Å². The van der Waals surface area contributed by atoms with E-state index in [1.165, 1.54) is 263 Å². The van der Waals surface area contributed by atoms with Crippen LogP contribution in [0.15, 0.2) is 0 Å². The molecule has 0 radical (unpaired) electrons. The molecule has 6 heteroatoms. The molecule has 1 atom stereocenters. The lowest BCUT2D eigenvalue weighted by Crippen LogP contribution is -2.30. The first-order valence-corrected chi connectivity index (χ1v) is 31.0. The molecule has 6 nitrogen and oxygen atoms in total. The summed E-state index contributed by atoms with van der Waals surface area (Å²) in [6.45, 7) is 6.64. The molecular formula is C62H120O6. The average Bonchev–Trinajstić information content (AvgIpc) is 3.34. The van der Waals surface area contributed by atoms with E-state index in [9.17, 15) is 14.4 Å². The number of rotatable bonds is 58. The van der Waals surface area contributed by atoms with Gasteiger partial charge in [0.1, 0.15) is 13.2 Å². The maximum Gasteiger partial charge on any atom is 0.306 e. The van der Waals surface area contributed by atoms with E-state index in [-0.39, 0.29) is 31.1 Å². The molecular weight excluding hydrogens is 841 g/mol. The van der Waals surface area contributed by atoms with E-state index in [1.807, 2.05) is 0 Å². The van der Waals surface area contributed by atoms with Gasteiger partial charge in [0.15, 0.2) is 6.10 Å². The summed E-state index contributed by atoms with van der Waals surface area (Å²) in [5.41, 5.74) is 0. The predicted molar refractivity (Wildman–Crippen MR) is 294 cm³/mol. The SMILES string of the molecule is CCCCCCCCCCCCCCCCCCCCCCCCCCCCCCCCCC(=O)OCC(COC(=O)CCCCCCCC)OC(=O)CCCCCCCCCCCCCCC.